The minimum atomic E-state index is 0.749. The van der Waals surface area contributed by atoms with Crippen LogP contribution in [-0.4, -0.2) is 12.8 Å². The molecule has 0 saturated heterocycles. The third kappa shape index (κ3) is 3.49. The van der Waals surface area contributed by atoms with Crippen LogP contribution in [0.1, 0.15) is 22.3 Å². The molecule has 134 valence electrons. The molecule has 1 aliphatic heterocycles. The third-order valence-corrected chi connectivity index (χ3v) is 4.63. The molecule has 0 amide bonds. The van der Waals surface area contributed by atoms with E-state index in [0.717, 1.165) is 39.8 Å². The average molecular weight is 355 g/mol. The van der Waals surface area contributed by atoms with Crippen LogP contribution in [0.5, 0.6) is 11.5 Å². The maximum Gasteiger partial charge on any atom is 0.153 e. The molecule has 0 spiro atoms. The molecule has 3 nitrogen and oxygen atoms in total. The summed E-state index contributed by atoms with van der Waals surface area (Å²) in [5, 5.41) is 0. The van der Waals surface area contributed by atoms with Crippen molar-refractivity contribution in [2.75, 3.05) is 7.11 Å². The Kier molecular flexibility index (Phi) is 4.51. The number of aryl methyl sites for hydroxylation is 2. The number of fused-ring (bicyclic) bond motifs is 1. The highest BCUT2D eigenvalue weighted by atomic mass is 16.5. The zero-order valence-electron chi connectivity index (χ0n) is 15.7. The molecule has 4 rings (SSSR count). The molecular weight excluding hydrogens is 334 g/mol. The summed E-state index contributed by atoms with van der Waals surface area (Å²) in [5.74, 6) is 2.33. The predicted molar refractivity (Wildman–Crippen MR) is 110 cm³/mol. The van der Waals surface area contributed by atoms with Crippen LogP contribution in [0.15, 0.2) is 77.8 Å². The number of aliphatic imine (C=N–C) groups is 1. The molecule has 1 aliphatic rings. The molecule has 0 aromatic heterocycles. The summed E-state index contributed by atoms with van der Waals surface area (Å²) in [6.45, 7) is 4.21. The highest BCUT2D eigenvalue weighted by molar-refractivity contribution is 6.14. The van der Waals surface area contributed by atoms with E-state index in [2.05, 4.69) is 32.0 Å². The number of para-hydroxylation sites is 2. The fourth-order valence-electron chi connectivity index (χ4n) is 3.21. The quantitative estimate of drug-likeness (QED) is 0.588. The first kappa shape index (κ1) is 17.1. The maximum atomic E-state index is 6.24. The van der Waals surface area contributed by atoms with Gasteiger partial charge in [-0.05, 0) is 55.8 Å². The number of ether oxygens (including phenoxy) is 2. The van der Waals surface area contributed by atoms with E-state index in [1.807, 2.05) is 54.6 Å². The summed E-state index contributed by atoms with van der Waals surface area (Å²) in [6.07, 6.45) is 2.01. The van der Waals surface area contributed by atoms with Gasteiger partial charge in [0.1, 0.15) is 17.2 Å². The molecule has 27 heavy (non-hydrogen) atoms. The SMILES string of the molecule is COc1ccc(C2=CC(c3ccc(C)cc3C)=Nc3ccccc3O2)cc1. The number of rotatable bonds is 3. The first-order chi connectivity index (χ1) is 13.1. The Labute approximate surface area is 159 Å². The van der Waals surface area contributed by atoms with Crippen molar-refractivity contribution in [3.05, 3.63) is 95.1 Å². The lowest BCUT2D eigenvalue weighted by Crippen LogP contribution is -2.02. The molecule has 0 atom stereocenters. The number of nitrogens with zero attached hydrogens (tertiary/aromatic N) is 1. The smallest absolute Gasteiger partial charge is 0.153 e. The van der Waals surface area contributed by atoms with Crippen LogP contribution in [-0.2, 0) is 0 Å². The highest BCUT2D eigenvalue weighted by Gasteiger charge is 2.16. The van der Waals surface area contributed by atoms with Gasteiger partial charge in [-0.1, -0.05) is 35.9 Å². The lowest BCUT2D eigenvalue weighted by Gasteiger charge is -2.11. The summed E-state index contributed by atoms with van der Waals surface area (Å²) in [6, 6.07) is 22.1. The number of methoxy groups -OCH3 is 1. The lowest BCUT2D eigenvalue weighted by atomic mass is 10.00. The van der Waals surface area contributed by atoms with E-state index in [9.17, 15) is 0 Å². The molecule has 0 aliphatic carbocycles. The standard InChI is InChI=1S/C24H21NO2/c1-16-8-13-20(17(2)14-16)22-15-24(18-9-11-19(26-3)12-10-18)27-23-7-5-4-6-21(23)25-22/h4-15H,1-3H3. The van der Waals surface area contributed by atoms with Gasteiger partial charge < -0.3 is 9.47 Å². The Hall–Kier alpha value is -3.33. The van der Waals surface area contributed by atoms with Crippen LogP contribution < -0.4 is 9.47 Å². The van der Waals surface area contributed by atoms with Crippen molar-refractivity contribution in [1.29, 1.82) is 0 Å². The number of hydrogen-bond acceptors (Lipinski definition) is 3. The van der Waals surface area contributed by atoms with Crippen molar-refractivity contribution in [1.82, 2.24) is 0 Å². The molecule has 3 aromatic carbocycles. The summed E-state index contributed by atoms with van der Waals surface area (Å²) in [5.41, 5.74) is 6.23. The van der Waals surface area contributed by atoms with Crippen molar-refractivity contribution in [3.63, 3.8) is 0 Å². The van der Waals surface area contributed by atoms with Crippen molar-refractivity contribution >= 4 is 17.2 Å². The van der Waals surface area contributed by atoms with Crippen LogP contribution in [0, 0.1) is 13.8 Å². The van der Waals surface area contributed by atoms with Gasteiger partial charge in [-0.15, -0.1) is 0 Å². The van der Waals surface area contributed by atoms with Gasteiger partial charge >= 0.3 is 0 Å². The fourth-order valence-corrected chi connectivity index (χ4v) is 3.21. The van der Waals surface area contributed by atoms with E-state index in [1.165, 1.54) is 11.1 Å². The fraction of sp³-hybridized carbons (Fsp3) is 0.125. The topological polar surface area (TPSA) is 30.8 Å². The minimum absolute atomic E-state index is 0.749. The predicted octanol–water partition coefficient (Wildman–Crippen LogP) is 5.87. The Morgan fingerprint density at radius 2 is 1.67 bits per heavy atom. The van der Waals surface area contributed by atoms with Gasteiger partial charge in [0.15, 0.2) is 5.75 Å². The van der Waals surface area contributed by atoms with Crippen LogP contribution in [0.4, 0.5) is 5.69 Å². The Morgan fingerprint density at radius 1 is 0.889 bits per heavy atom. The average Bonchev–Trinajstić information content (AvgIpc) is 2.87. The molecule has 0 saturated carbocycles. The lowest BCUT2D eigenvalue weighted by molar-refractivity contribution is 0.414. The molecule has 0 radical (unpaired) electrons. The van der Waals surface area contributed by atoms with Gasteiger partial charge in [-0.25, -0.2) is 4.99 Å². The second kappa shape index (κ2) is 7.12. The summed E-state index contributed by atoms with van der Waals surface area (Å²) in [4.78, 5) is 4.90. The largest absolute Gasteiger partial charge is 0.497 e. The normalized spacial score (nSPS) is 13.0. The maximum absolute atomic E-state index is 6.24. The van der Waals surface area contributed by atoms with Crippen LogP contribution in [0.3, 0.4) is 0 Å². The second-order valence-electron chi connectivity index (χ2n) is 6.62. The molecule has 0 unspecified atom stereocenters. The molecular formula is C24H21NO2. The molecule has 0 fully saturated rings. The van der Waals surface area contributed by atoms with Gasteiger partial charge in [0.2, 0.25) is 0 Å². The van der Waals surface area contributed by atoms with Crippen molar-refractivity contribution < 1.29 is 9.47 Å². The minimum Gasteiger partial charge on any atom is -0.497 e. The molecule has 0 bridgehead atoms. The third-order valence-electron chi connectivity index (χ3n) is 4.63. The van der Waals surface area contributed by atoms with E-state index in [4.69, 9.17) is 14.5 Å². The summed E-state index contributed by atoms with van der Waals surface area (Å²) >= 11 is 0. The Balaban J connectivity index is 1.86. The molecule has 3 aromatic rings. The van der Waals surface area contributed by atoms with E-state index in [-0.39, 0.29) is 0 Å². The van der Waals surface area contributed by atoms with Gasteiger partial charge in [0, 0.05) is 17.2 Å². The van der Waals surface area contributed by atoms with Gasteiger partial charge in [0.05, 0.1) is 12.8 Å². The number of allylic oxidation sites excluding steroid dienone is 1. The van der Waals surface area contributed by atoms with E-state index < -0.39 is 0 Å². The van der Waals surface area contributed by atoms with Crippen molar-refractivity contribution in [2.45, 2.75) is 13.8 Å². The molecule has 3 heteroatoms. The number of benzene rings is 3. The van der Waals surface area contributed by atoms with Gasteiger partial charge in [0.25, 0.3) is 0 Å². The zero-order valence-corrected chi connectivity index (χ0v) is 15.7. The van der Waals surface area contributed by atoms with Crippen molar-refractivity contribution in [2.24, 2.45) is 4.99 Å². The monoisotopic (exact) mass is 355 g/mol. The van der Waals surface area contributed by atoms with Crippen LogP contribution >= 0.6 is 0 Å². The summed E-state index contributed by atoms with van der Waals surface area (Å²) < 4.78 is 11.5. The molecule has 1 heterocycles. The van der Waals surface area contributed by atoms with E-state index >= 15 is 0 Å². The van der Waals surface area contributed by atoms with Gasteiger partial charge in [-0.3, -0.25) is 0 Å². The second-order valence-corrected chi connectivity index (χ2v) is 6.62. The number of hydrogen-bond donors (Lipinski definition) is 0. The van der Waals surface area contributed by atoms with Crippen LogP contribution in [0.2, 0.25) is 0 Å². The summed E-state index contributed by atoms with van der Waals surface area (Å²) in [7, 11) is 1.66. The van der Waals surface area contributed by atoms with E-state index in [1.54, 1.807) is 7.11 Å². The highest BCUT2D eigenvalue weighted by Crippen LogP contribution is 2.35. The first-order valence-corrected chi connectivity index (χ1v) is 8.93. The Bertz CT molecular complexity index is 1050. The molecule has 0 N–H and O–H groups in total. The Morgan fingerprint density at radius 3 is 2.41 bits per heavy atom. The van der Waals surface area contributed by atoms with E-state index in [0.29, 0.717) is 0 Å². The van der Waals surface area contributed by atoms with Crippen molar-refractivity contribution in [3.8, 4) is 11.5 Å². The van der Waals surface area contributed by atoms with Gasteiger partial charge in [-0.2, -0.15) is 0 Å². The zero-order chi connectivity index (χ0) is 18.8. The first-order valence-electron chi connectivity index (χ1n) is 8.93. The van der Waals surface area contributed by atoms with Crippen LogP contribution in [0.25, 0.3) is 5.76 Å².